The summed E-state index contributed by atoms with van der Waals surface area (Å²) in [5, 5.41) is 3.19. The molecule has 1 aromatic rings. The van der Waals surface area contributed by atoms with Crippen LogP contribution in [0.15, 0.2) is 48.7 Å². The zero-order valence-electron chi connectivity index (χ0n) is 21.9. The molecule has 1 aromatic carbocycles. The largest absolute Gasteiger partial charge is 0.379 e. The Morgan fingerprint density at radius 2 is 1.44 bits per heavy atom. The molecule has 180 valence electrons. The molecule has 0 aromatic heterocycles. The molecule has 32 heavy (non-hydrogen) atoms. The predicted octanol–water partition coefficient (Wildman–Crippen LogP) is 7.48. The van der Waals surface area contributed by atoms with Gasteiger partial charge in [0.1, 0.15) is 5.78 Å². The Morgan fingerprint density at radius 1 is 0.969 bits per heavy atom. The van der Waals surface area contributed by atoms with Crippen molar-refractivity contribution in [2.24, 2.45) is 5.92 Å². The molecule has 0 saturated heterocycles. The Hall–Kier alpha value is -2.16. The van der Waals surface area contributed by atoms with Gasteiger partial charge in [-0.15, -0.1) is 6.58 Å². The van der Waals surface area contributed by atoms with E-state index in [0.29, 0.717) is 5.92 Å². The first-order valence-corrected chi connectivity index (χ1v) is 12.0. The van der Waals surface area contributed by atoms with Crippen LogP contribution < -0.4 is 5.32 Å². The Labute approximate surface area is 197 Å². The lowest BCUT2D eigenvalue weighted by Gasteiger charge is -2.21. The Morgan fingerprint density at radius 3 is 1.75 bits per heavy atom. The molecular weight excluding hydrogens is 394 g/mol. The summed E-state index contributed by atoms with van der Waals surface area (Å²) in [5.74, 6) is 0.728. The van der Waals surface area contributed by atoms with Crippen molar-refractivity contribution < 1.29 is 9.59 Å². The number of nitrogens with one attached hydrogen (secondary N) is 1. The van der Waals surface area contributed by atoms with Gasteiger partial charge in [-0.3, -0.25) is 9.59 Å². The molecule has 0 bridgehead atoms. The van der Waals surface area contributed by atoms with Crippen LogP contribution in [-0.4, -0.2) is 17.6 Å². The highest BCUT2D eigenvalue weighted by Crippen LogP contribution is 2.24. The van der Waals surface area contributed by atoms with Gasteiger partial charge in [-0.2, -0.15) is 0 Å². The Kier molecular flexibility index (Phi) is 13.8. The summed E-state index contributed by atoms with van der Waals surface area (Å²) in [6, 6.07) is 8.02. The van der Waals surface area contributed by atoms with Crippen LogP contribution >= 0.6 is 0 Å². The number of hydrogen-bond acceptors (Lipinski definition) is 3. The van der Waals surface area contributed by atoms with Gasteiger partial charge in [0.15, 0.2) is 5.78 Å². The van der Waals surface area contributed by atoms with E-state index in [4.69, 9.17) is 0 Å². The molecule has 3 nitrogen and oxygen atoms in total. The molecular formula is C29H47NO2. The lowest BCUT2D eigenvalue weighted by Crippen LogP contribution is -2.35. The maximum Gasteiger partial charge on any atom is 0.151 e. The van der Waals surface area contributed by atoms with Gasteiger partial charge in [0.2, 0.25) is 0 Å². The summed E-state index contributed by atoms with van der Waals surface area (Å²) in [5.41, 5.74) is 4.00. The van der Waals surface area contributed by atoms with Gasteiger partial charge >= 0.3 is 0 Å². The molecule has 3 heteroatoms. The van der Waals surface area contributed by atoms with Crippen molar-refractivity contribution in [3.8, 4) is 0 Å². The van der Waals surface area contributed by atoms with Crippen LogP contribution in [0.2, 0.25) is 0 Å². The molecule has 2 rings (SSSR count). The standard InChI is InChI=1S/C13H23NO.C12H16O.C4H8/c1-9(2)7-8-13(12(6)15)14-11(5)10(3)4;1-9-5-7-11(8-6-9)12(3,4)10(2)13;1-2-4-3-1/h10,13-14H,1,5,7-8H2,2-4,6H3;5-8H,1-4H3;1-4H2/t13-;;/m1../s1. The van der Waals surface area contributed by atoms with Crippen molar-refractivity contribution in [2.45, 2.75) is 105 Å². The molecule has 1 aliphatic rings. The summed E-state index contributed by atoms with van der Waals surface area (Å²) in [6.45, 7) is 23.1. The van der Waals surface area contributed by atoms with E-state index in [1.54, 1.807) is 13.8 Å². The van der Waals surface area contributed by atoms with Gasteiger partial charge in [0.05, 0.1) is 6.04 Å². The molecule has 1 saturated carbocycles. The highest BCUT2D eigenvalue weighted by Gasteiger charge is 2.25. The molecule has 0 spiro atoms. The molecule has 1 aliphatic carbocycles. The summed E-state index contributed by atoms with van der Waals surface area (Å²) in [6.07, 6.45) is 7.68. The first-order valence-electron chi connectivity index (χ1n) is 12.0. The molecule has 1 fully saturated rings. The highest BCUT2D eigenvalue weighted by atomic mass is 16.1. The zero-order chi connectivity index (χ0) is 24.9. The first kappa shape index (κ1) is 29.8. The predicted molar refractivity (Wildman–Crippen MR) is 139 cm³/mol. The summed E-state index contributed by atoms with van der Waals surface area (Å²) >= 11 is 0. The van der Waals surface area contributed by atoms with Crippen LogP contribution in [0.25, 0.3) is 0 Å². The number of carbonyl (C=O) groups excluding carboxylic acids is 2. The third kappa shape index (κ3) is 12.0. The van der Waals surface area contributed by atoms with Crippen molar-refractivity contribution in [2.75, 3.05) is 0 Å². The lowest BCUT2D eigenvalue weighted by atomic mass is 9.81. The monoisotopic (exact) mass is 441 g/mol. The third-order valence-electron chi connectivity index (χ3n) is 6.06. The van der Waals surface area contributed by atoms with Gasteiger partial charge in [0, 0.05) is 11.1 Å². The van der Waals surface area contributed by atoms with Gasteiger partial charge in [0.25, 0.3) is 0 Å². The molecule has 0 aliphatic heterocycles. The maximum absolute atomic E-state index is 11.4. The molecule has 0 amide bonds. The van der Waals surface area contributed by atoms with Crippen molar-refractivity contribution in [3.63, 3.8) is 0 Å². The van der Waals surface area contributed by atoms with Crippen molar-refractivity contribution >= 4 is 11.6 Å². The van der Waals surface area contributed by atoms with E-state index >= 15 is 0 Å². The number of benzene rings is 1. The fourth-order valence-corrected chi connectivity index (χ4v) is 2.58. The van der Waals surface area contributed by atoms with Crippen LogP contribution in [0, 0.1) is 12.8 Å². The number of allylic oxidation sites excluding steroid dienone is 2. The van der Waals surface area contributed by atoms with Crippen LogP contribution in [0.4, 0.5) is 0 Å². The number of Topliss-reactive ketones (excluding diaryl/α,β-unsaturated/α-hetero) is 2. The normalized spacial score (nSPS) is 13.4. The minimum absolute atomic E-state index is 0.114. The van der Waals surface area contributed by atoms with Crippen LogP contribution in [0.5, 0.6) is 0 Å². The van der Waals surface area contributed by atoms with Gasteiger partial charge in [-0.25, -0.2) is 0 Å². The summed E-state index contributed by atoms with van der Waals surface area (Å²) in [7, 11) is 0. The molecule has 1 N–H and O–H groups in total. The van der Waals surface area contributed by atoms with Gasteiger partial charge in [-0.1, -0.05) is 81.5 Å². The van der Waals surface area contributed by atoms with E-state index in [1.807, 2.05) is 52.0 Å². The third-order valence-corrected chi connectivity index (χ3v) is 6.06. The van der Waals surface area contributed by atoms with Crippen molar-refractivity contribution in [1.82, 2.24) is 5.32 Å². The van der Waals surface area contributed by atoms with E-state index < -0.39 is 0 Å². The van der Waals surface area contributed by atoms with Gasteiger partial charge < -0.3 is 5.32 Å². The number of aryl methyl sites for hydroxylation is 1. The fourth-order valence-electron chi connectivity index (χ4n) is 2.58. The summed E-state index contributed by atoms with van der Waals surface area (Å²) < 4.78 is 0. The van der Waals surface area contributed by atoms with E-state index in [9.17, 15) is 9.59 Å². The number of ketones is 2. The number of hydrogen-bond donors (Lipinski definition) is 1. The minimum Gasteiger partial charge on any atom is -0.379 e. The smallest absolute Gasteiger partial charge is 0.151 e. The van der Waals surface area contributed by atoms with Crippen molar-refractivity contribution in [3.05, 3.63) is 59.8 Å². The average Bonchev–Trinajstić information content (AvgIpc) is 2.63. The highest BCUT2D eigenvalue weighted by molar-refractivity contribution is 5.87. The zero-order valence-corrected chi connectivity index (χ0v) is 21.9. The van der Waals surface area contributed by atoms with E-state index in [0.717, 1.165) is 29.7 Å². The number of carbonyl (C=O) groups is 2. The lowest BCUT2D eigenvalue weighted by molar-refractivity contribution is -0.121. The molecule has 0 radical (unpaired) electrons. The molecule has 0 unspecified atom stereocenters. The van der Waals surface area contributed by atoms with Crippen LogP contribution in [-0.2, 0) is 15.0 Å². The van der Waals surface area contributed by atoms with Crippen LogP contribution in [0.3, 0.4) is 0 Å². The first-order chi connectivity index (χ1) is 14.8. The minimum atomic E-state index is -0.353. The summed E-state index contributed by atoms with van der Waals surface area (Å²) in [4.78, 5) is 22.7. The molecule has 0 heterocycles. The molecule has 1 atom stereocenters. The second kappa shape index (κ2) is 14.8. The number of rotatable bonds is 9. The van der Waals surface area contributed by atoms with E-state index in [1.165, 1.54) is 31.2 Å². The van der Waals surface area contributed by atoms with E-state index in [2.05, 4.69) is 32.3 Å². The van der Waals surface area contributed by atoms with Crippen LogP contribution in [0.1, 0.15) is 98.1 Å². The second-order valence-electron chi connectivity index (χ2n) is 9.94. The van der Waals surface area contributed by atoms with Crippen molar-refractivity contribution in [1.29, 1.82) is 0 Å². The Bertz CT molecular complexity index is 733. The average molecular weight is 442 g/mol. The fraction of sp³-hybridized carbons (Fsp3) is 0.586. The van der Waals surface area contributed by atoms with Gasteiger partial charge in [-0.05, 0) is 65.9 Å². The van der Waals surface area contributed by atoms with E-state index in [-0.39, 0.29) is 23.0 Å². The quantitative estimate of drug-likeness (QED) is 0.404. The SMILES string of the molecule is C1CCC1.C=C(C)CC[C@@H](NC(=C)C(C)C)C(C)=O.CC(=O)C(C)(C)c1ccc(C)cc1. The maximum atomic E-state index is 11.4. The Balaban J connectivity index is 0.000000512. The second-order valence-corrected chi connectivity index (χ2v) is 9.94. The topological polar surface area (TPSA) is 46.2 Å².